The van der Waals surface area contributed by atoms with Crippen LogP contribution < -0.4 is 10.2 Å². The number of pyridine rings is 1. The summed E-state index contributed by atoms with van der Waals surface area (Å²) in [4.78, 5) is 9.10. The molecule has 0 radical (unpaired) electrons. The molecule has 1 aromatic carbocycles. The zero-order valence-electron chi connectivity index (χ0n) is 19.0. The lowest BCUT2D eigenvalue weighted by Gasteiger charge is -2.27. The fraction of sp³-hybridized carbons (Fsp3) is 0.360. The van der Waals surface area contributed by atoms with E-state index in [0.29, 0.717) is 0 Å². The van der Waals surface area contributed by atoms with E-state index >= 15 is 0 Å². The molecule has 3 aromatic rings. The molecule has 31 heavy (non-hydrogen) atoms. The first-order valence-corrected chi connectivity index (χ1v) is 11.3. The molecule has 6 heteroatoms. The SMILES string of the molecule is CCCN1C(=S)N[C@H](c2ccccn2)[C@@H]1c1cc(C)n(-c2ccc(N(C)C)cc2)c1C. The number of nitrogens with one attached hydrogen (secondary N) is 1. The van der Waals surface area contributed by atoms with E-state index in [2.05, 4.69) is 95.9 Å². The van der Waals surface area contributed by atoms with E-state index in [9.17, 15) is 0 Å². The van der Waals surface area contributed by atoms with Crippen LogP contribution in [-0.4, -0.2) is 40.2 Å². The second-order valence-corrected chi connectivity index (χ2v) is 8.78. The maximum Gasteiger partial charge on any atom is 0.170 e. The average molecular weight is 434 g/mol. The summed E-state index contributed by atoms with van der Waals surface area (Å²) in [5, 5.41) is 4.36. The van der Waals surface area contributed by atoms with Crippen LogP contribution in [0.15, 0.2) is 54.7 Å². The van der Waals surface area contributed by atoms with Crippen molar-refractivity contribution in [3.05, 3.63) is 77.4 Å². The van der Waals surface area contributed by atoms with Crippen molar-refractivity contribution in [2.45, 2.75) is 39.3 Å². The van der Waals surface area contributed by atoms with Gasteiger partial charge in [-0.15, -0.1) is 0 Å². The van der Waals surface area contributed by atoms with E-state index in [1.807, 2.05) is 18.3 Å². The third-order valence-electron chi connectivity index (χ3n) is 6.08. The van der Waals surface area contributed by atoms with Crippen molar-refractivity contribution < 1.29 is 0 Å². The second kappa shape index (κ2) is 8.71. The predicted molar refractivity (Wildman–Crippen MR) is 132 cm³/mol. The summed E-state index contributed by atoms with van der Waals surface area (Å²) in [6, 6.07) is 17.3. The van der Waals surface area contributed by atoms with Crippen LogP contribution in [0.1, 0.15) is 48.1 Å². The Morgan fingerprint density at radius 1 is 1.10 bits per heavy atom. The first kappa shape index (κ1) is 21.4. The second-order valence-electron chi connectivity index (χ2n) is 8.39. The molecule has 1 fully saturated rings. The van der Waals surface area contributed by atoms with Gasteiger partial charge in [-0.05, 0) is 80.5 Å². The smallest absolute Gasteiger partial charge is 0.170 e. The van der Waals surface area contributed by atoms with Crippen molar-refractivity contribution in [3.8, 4) is 5.69 Å². The molecule has 0 saturated carbocycles. The highest BCUT2D eigenvalue weighted by Gasteiger charge is 2.40. The van der Waals surface area contributed by atoms with Crippen molar-refractivity contribution in [1.29, 1.82) is 0 Å². The fourth-order valence-corrected chi connectivity index (χ4v) is 4.94. The molecule has 1 saturated heterocycles. The van der Waals surface area contributed by atoms with Gasteiger partial charge in [0.1, 0.15) is 0 Å². The average Bonchev–Trinajstić information content (AvgIpc) is 3.24. The lowest BCUT2D eigenvalue weighted by atomic mass is 9.96. The van der Waals surface area contributed by atoms with Gasteiger partial charge in [-0.3, -0.25) is 4.98 Å². The largest absolute Gasteiger partial charge is 0.378 e. The molecule has 2 aromatic heterocycles. The number of hydrogen-bond acceptors (Lipinski definition) is 3. The van der Waals surface area contributed by atoms with Crippen LogP contribution in [0.3, 0.4) is 0 Å². The number of hydrogen-bond donors (Lipinski definition) is 1. The van der Waals surface area contributed by atoms with Gasteiger partial charge in [0.15, 0.2) is 5.11 Å². The lowest BCUT2D eigenvalue weighted by Crippen LogP contribution is -2.30. The fourth-order valence-electron chi connectivity index (χ4n) is 4.61. The first-order chi connectivity index (χ1) is 14.9. The maximum absolute atomic E-state index is 5.75. The van der Waals surface area contributed by atoms with E-state index < -0.39 is 0 Å². The molecule has 1 N–H and O–H groups in total. The zero-order valence-corrected chi connectivity index (χ0v) is 19.8. The minimum Gasteiger partial charge on any atom is -0.378 e. The van der Waals surface area contributed by atoms with Gasteiger partial charge in [-0.2, -0.15) is 0 Å². The van der Waals surface area contributed by atoms with Crippen molar-refractivity contribution in [1.82, 2.24) is 19.8 Å². The van der Waals surface area contributed by atoms with Gasteiger partial charge in [0.2, 0.25) is 0 Å². The van der Waals surface area contributed by atoms with Crippen LogP contribution in [-0.2, 0) is 0 Å². The topological polar surface area (TPSA) is 36.3 Å². The molecule has 162 valence electrons. The van der Waals surface area contributed by atoms with E-state index in [4.69, 9.17) is 12.2 Å². The quantitative estimate of drug-likeness (QED) is 0.558. The van der Waals surface area contributed by atoms with Gasteiger partial charge < -0.3 is 19.7 Å². The molecular weight excluding hydrogens is 402 g/mol. The Labute approximate surface area is 190 Å². The van der Waals surface area contributed by atoms with Crippen LogP contribution in [0.2, 0.25) is 0 Å². The molecule has 1 aliphatic heterocycles. The van der Waals surface area contributed by atoms with Crippen LogP contribution >= 0.6 is 12.2 Å². The molecular formula is C25H31N5S. The molecule has 1 aliphatic rings. The minimum atomic E-state index is 0.0327. The molecule has 0 amide bonds. The summed E-state index contributed by atoms with van der Waals surface area (Å²) in [6.45, 7) is 7.50. The third-order valence-corrected chi connectivity index (χ3v) is 6.43. The first-order valence-electron chi connectivity index (χ1n) is 10.9. The van der Waals surface area contributed by atoms with Crippen molar-refractivity contribution in [3.63, 3.8) is 0 Å². The van der Waals surface area contributed by atoms with Crippen LogP contribution in [0.4, 0.5) is 5.69 Å². The molecule has 0 unspecified atom stereocenters. The molecule has 3 heterocycles. The van der Waals surface area contributed by atoms with E-state index in [1.54, 1.807) is 0 Å². The third kappa shape index (κ3) is 3.92. The van der Waals surface area contributed by atoms with E-state index in [0.717, 1.165) is 23.8 Å². The van der Waals surface area contributed by atoms with Crippen molar-refractivity contribution >= 4 is 23.0 Å². The summed E-state index contributed by atoms with van der Waals surface area (Å²) in [7, 11) is 4.13. The molecule has 4 rings (SSSR count). The maximum atomic E-state index is 5.75. The minimum absolute atomic E-state index is 0.0327. The molecule has 5 nitrogen and oxygen atoms in total. The Morgan fingerprint density at radius 2 is 1.84 bits per heavy atom. The number of anilines is 1. The van der Waals surface area contributed by atoms with Gasteiger partial charge in [-0.1, -0.05) is 13.0 Å². The molecule has 2 atom stereocenters. The highest BCUT2D eigenvalue weighted by Crippen LogP contribution is 2.41. The van der Waals surface area contributed by atoms with E-state index in [-0.39, 0.29) is 12.1 Å². The van der Waals surface area contributed by atoms with Gasteiger partial charge >= 0.3 is 0 Å². The summed E-state index contributed by atoms with van der Waals surface area (Å²) in [5.74, 6) is 0. The number of aryl methyl sites for hydroxylation is 1. The number of aromatic nitrogens is 2. The lowest BCUT2D eigenvalue weighted by molar-refractivity contribution is 0.316. The number of nitrogens with zero attached hydrogens (tertiary/aromatic N) is 4. The number of thiocarbonyl (C=S) groups is 1. The summed E-state index contributed by atoms with van der Waals surface area (Å²) >= 11 is 5.75. The molecule has 0 bridgehead atoms. The standard InChI is InChI=1S/C25H31N5S/c1-6-15-29-24(23(27-25(29)31)22-9-7-8-14-26-22)21-16-17(2)30(18(21)3)20-12-10-19(11-13-20)28(4)5/h7-14,16,23-24H,6,15H2,1-5H3,(H,27,31)/t23-,24+/m1/s1. The van der Waals surface area contributed by atoms with Gasteiger partial charge in [-0.25, -0.2) is 0 Å². The van der Waals surface area contributed by atoms with Gasteiger partial charge in [0, 0.05) is 49.6 Å². The van der Waals surface area contributed by atoms with Crippen LogP contribution in [0, 0.1) is 13.8 Å². The van der Waals surface area contributed by atoms with Crippen molar-refractivity contribution in [2.75, 3.05) is 25.5 Å². The number of benzene rings is 1. The van der Waals surface area contributed by atoms with Gasteiger partial charge in [0.05, 0.1) is 17.8 Å². The van der Waals surface area contributed by atoms with E-state index in [1.165, 1.54) is 28.3 Å². The van der Waals surface area contributed by atoms with Crippen LogP contribution in [0.25, 0.3) is 5.69 Å². The Morgan fingerprint density at radius 3 is 2.45 bits per heavy atom. The number of rotatable bonds is 6. The highest BCUT2D eigenvalue weighted by molar-refractivity contribution is 7.80. The molecule has 0 spiro atoms. The monoisotopic (exact) mass is 433 g/mol. The Hall–Kier alpha value is -2.86. The molecule has 0 aliphatic carbocycles. The Balaban J connectivity index is 1.79. The van der Waals surface area contributed by atoms with Crippen LogP contribution in [0.5, 0.6) is 0 Å². The van der Waals surface area contributed by atoms with Gasteiger partial charge in [0.25, 0.3) is 0 Å². The summed E-state index contributed by atoms with van der Waals surface area (Å²) in [6.07, 6.45) is 2.90. The highest BCUT2D eigenvalue weighted by atomic mass is 32.1. The summed E-state index contributed by atoms with van der Waals surface area (Å²) in [5.41, 5.74) is 7.16. The zero-order chi connectivity index (χ0) is 22.1. The predicted octanol–water partition coefficient (Wildman–Crippen LogP) is 4.94. The normalized spacial score (nSPS) is 18.4. The Bertz CT molecular complexity index is 1060. The Kier molecular flexibility index (Phi) is 6.01. The summed E-state index contributed by atoms with van der Waals surface area (Å²) < 4.78 is 2.34. The van der Waals surface area contributed by atoms with Crippen molar-refractivity contribution in [2.24, 2.45) is 0 Å².